The topological polar surface area (TPSA) is 42.2 Å². The number of carbonyl (C=O) groups excluding carboxylic acids is 1. The summed E-state index contributed by atoms with van der Waals surface area (Å²) < 4.78 is 22.3. The van der Waals surface area contributed by atoms with E-state index in [-0.39, 0.29) is 18.1 Å². The highest BCUT2D eigenvalue weighted by Crippen LogP contribution is 2.20. The molecule has 1 amide bonds. The maximum Gasteiger partial charge on any atom is 0.228 e. The number of amides is 1. The number of benzene rings is 2. The van der Waals surface area contributed by atoms with Crippen LogP contribution in [0, 0.1) is 5.82 Å². The molecule has 0 saturated carbocycles. The molecule has 0 fully saturated rings. The Morgan fingerprint density at radius 1 is 0.895 bits per heavy atom. The van der Waals surface area contributed by atoms with Crippen molar-refractivity contribution >= 4 is 22.9 Å². The van der Waals surface area contributed by atoms with Crippen molar-refractivity contribution in [2.45, 2.75) is 96.9 Å². The van der Waals surface area contributed by atoms with E-state index in [1.165, 1.54) is 70.3 Å². The molecule has 0 atom stereocenters. The SMILES string of the molecule is CCCCCCCCCCCCCCOc1ccc(CC(=O)Nc2cccc(C[n+]3ccsc3)c2)cc1F. The maximum atomic E-state index is 14.5. The third kappa shape index (κ3) is 11.8. The fourth-order valence-corrected chi connectivity index (χ4v) is 5.20. The van der Waals surface area contributed by atoms with Crippen LogP contribution in [-0.2, 0) is 17.8 Å². The zero-order chi connectivity index (χ0) is 26.8. The van der Waals surface area contributed by atoms with Gasteiger partial charge in [0.1, 0.15) is 0 Å². The number of thiazole rings is 1. The number of anilines is 1. The quantitative estimate of drug-likeness (QED) is 0.123. The highest BCUT2D eigenvalue weighted by molar-refractivity contribution is 7.07. The fourth-order valence-electron chi connectivity index (χ4n) is 4.60. The first kappa shape index (κ1) is 29.8. The molecule has 206 valence electrons. The van der Waals surface area contributed by atoms with Crippen molar-refractivity contribution < 1.29 is 18.5 Å². The Labute approximate surface area is 232 Å². The minimum Gasteiger partial charge on any atom is -0.491 e. The lowest BCUT2D eigenvalue weighted by Gasteiger charge is -2.10. The van der Waals surface area contributed by atoms with E-state index in [9.17, 15) is 9.18 Å². The van der Waals surface area contributed by atoms with Crippen LogP contribution in [0.4, 0.5) is 10.1 Å². The Morgan fingerprint density at radius 2 is 1.61 bits per heavy atom. The summed E-state index contributed by atoms with van der Waals surface area (Å²) >= 11 is 1.64. The minimum absolute atomic E-state index is 0.111. The Morgan fingerprint density at radius 3 is 2.26 bits per heavy atom. The average molecular weight is 540 g/mol. The number of aromatic nitrogens is 1. The Kier molecular flexibility index (Phi) is 13.9. The van der Waals surface area contributed by atoms with Crippen LogP contribution in [0.1, 0.15) is 95.1 Å². The van der Waals surface area contributed by atoms with Gasteiger partial charge in [0.25, 0.3) is 0 Å². The van der Waals surface area contributed by atoms with E-state index in [2.05, 4.69) is 16.8 Å². The van der Waals surface area contributed by atoms with E-state index >= 15 is 0 Å². The lowest BCUT2D eigenvalue weighted by atomic mass is 10.1. The molecular formula is C32H44FN2O2S+. The van der Waals surface area contributed by atoms with Gasteiger partial charge in [-0.15, -0.1) is 0 Å². The number of nitrogens with one attached hydrogen (secondary N) is 1. The summed E-state index contributed by atoms with van der Waals surface area (Å²) in [5.41, 5.74) is 4.52. The summed E-state index contributed by atoms with van der Waals surface area (Å²) in [6.45, 7) is 3.53. The Hall–Kier alpha value is -2.73. The fraction of sp³-hybridized carbons (Fsp3) is 0.500. The molecule has 0 radical (unpaired) electrons. The number of halogens is 1. The second kappa shape index (κ2) is 17.7. The Balaban J connectivity index is 1.29. The van der Waals surface area contributed by atoms with Crippen LogP contribution < -0.4 is 14.6 Å². The molecule has 1 heterocycles. The lowest BCUT2D eigenvalue weighted by Crippen LogP contribution is -2.30. The van der Waals surface area contributed by atoms with Gasteiger partial charge in [0, 0.05) is 11.3 Å². The smallest absolute Gasteiger partial charge is 0.228 e. The number of nitrogens with zero attached hydrogens (tertiary/aromatic N) is 1. The van der Waals surface area contributed by atoms with Crippen molar-refractivity contribution in [3.63, 3.8) is 0 Å². The molecule has 0 aliphatic rings. The molecule has 0 saturated heterocycles. The molecule has 0 bridgehead atoms. The Bertz CT molecular complexity index is 1070. The largest absolute Gasteiger partial charge is 0.491 e. The molecule has 1 N–H and O–H groups in total. The van der Waals surface area contributed by atoms with Gasteiger partial charge in [-0.1, -0.05) is 107 Å². The van der Waals surface area contributed by atoms with Crippen molar-refractivity contribution in [2.24, 2.45) is 0 Å². The molecule has 0 aliphatic carbocycles. The molecule has 4 nitrogen and oxygen atoms in total. The summed E-state index contributed by atoms with van der Waals surface area (Å²) in [5, 5.41) is 4.95. The van der Waals surface area contributed by atoms with E-state index in [1.807, 2.05) is 41.4 Å². The van der Waals surface area contributed by atoms with Crippen molar-refractivity contribution in [1.82, 2.24) is 0 Å². The van der Waals surface area contributed by atoms with Gasteiger partial charge in [0.15, 0.2) is 24.3 Å². The third-order valence-electron chi connectivity index (χ3n) is 6.72. The van der Waals surface area contributed by atoms with Gasteiger partial charge < -0.3 is 10.1 Å². The monoisotopic (exact) mass is 539 g/mol. The summed E-state index contributed by atoms with van der Waals surface area (Å²) in [4.78, 5) is 12.5. The number of hydrogen-bond donors (Lipinski definition) is 1. The lowest BCUT2D eigenvalue weighted by molar-refractivity contribution is -0.683. The van der Waals surface area contributed by atoms with E-state index in [1.54, 1.807) is 23.5 Å². The van der Waals surface area contributed by atoms with E-state index in [0.29, 0.717) is 12.2 Å². The van der Waals surface area contributed by atoms with E-state index in [0.717, 1.165) is 30.6 Å². The summed E-state index contributed by atoms with van der Waals surface area (Å²) in [6.07, 6.45) is 17.6. The van der Waals surface area contributed by atoms with Gasteiger partial charge in [0.2, 0.25) is 11.4 Å². The molecule has 3 aromatic rings. The molecular weight excluding hydrogens is 495 g/mol. The first-order chi connectivity index (χ1) is 18.6. The third-order valence-corrected chi connectivity index (χ3v) is 7.39. The summed E-state index contributed by atoms with van der Waals surface area (Å²) in [7, 11) is 0. The second-order valence-corrected chi connectivity index (χ2v) is 10.9. The van der Waals surface area contributed by atoms with Crippen LogP contribution in [0.3, 0.4) is 0 Å². The van der Waals surface area contributed by atoms with Gasteiger partial charge in [-0.25, -0.2) is 4.39 Å². The molecule has 3 rings (SSSR count). The molecule has 0 spiro atoms. The standard InChI is InChI=1S/C32H43FN2O2S/c1-2-3-4-5-6-7-8-9-10-11-12-13-20-37-31-18-17-27(23-30(31)33)24-32(36)34-29-16-14-15-28(22-29)25-35-19-21-38-26-35/h14-19,21-23,26H,2-13,20,24-25H2,1H3/p+1. The predicted molar refractivity (Wildman–Crippen MR) is 155 cm³/mol. The predicted octanol–water partition coefficient (Wildman–Crippen LogP) is 8.48. The van der Waals surface area contributed by atoms with Crippen LogP contribution >= 0.6 is 11.3 Å². The number of ether oxygens (including phenoxy) is 1. The number of hydrogen-bond acceptors (Lipinski definition) is 3. The molecule has 0 aliphatic heterocycles. The first-order valence-corrected chi connectivity index (χ1v) is 15.3. The highest BCUT2D eigenvalue weighted by atomic mass is 32.1. The first-order valence-electron chi connectivity index (χ1n) is 14.4. The van der Waals surface area contributed by atoms with Crippen LogP contribution in [0.25, 0.3) is 0 Å². The molecule has 6 heteroatoms. The molecule has 38 heavy (non-hydrogen) atoms. The van der Waals surface area contributed by atoms with Gasteiger partial charge in [-0.05, 0) is 36.2 Å². The van der Waals surface area contributed by atoms with Gasteiger partial charge in [0.05, 0.1) is 18.4 Å². The van der Waals surface area contributed by atoms with Crippen molar-refractivity contribution in [1.29, 1.82) is 0 Å². The summed E-state index contributed by atoms with van der Waals surface area (Å²) in [6, 6.07) is 12.6. The summed E-state index contributed by atoms with van der Waals surface area (Å²) in [5.74, 6) is -0.324. The van der Waals surface area contributed by atoms with Crippen molar-refractivity contribution in [2.75, 3.05) is 11.9 Å². The zero-order valence-electron chi connectivity index (χ0n) is 22.9. The molecule has 2 aromatic carbocycles. The van der Waals surface area contributed by atoms with Crippen LogP contribution in [-0.4, -0.2) is 12.5 Å². The normalized spacial score (nSPS) is 11.0. The minimum atomic E-state index is -0.413. The maximum absolute atomic E-state index is 14.5. The number of carbonyl (C=O) groups is 1. The second-order valence-electron chi connectivity index (χ2n) is 10.1. The molecule has 0 unspecified atom stereocenters. The van der Waals surface area contributed by atoms with Crippen LogP contribution in [0.2, 0.25) is 0 Å². The average Bonchev–Trinajstić information content (AvgIpc) is 3.41. The number of rotatable bonds is 19. The highest BCUT2D eigenvalue weighted by Gasteiger charge is 2.10. The van der Waals surface area contributed by atoms with E-state index < -0.39 is 5.82 Å². The zero-order valence-corrected chi connectivity index (χ0v) is 23.7. The van der Waals surface area contributed by atoms with Crippen molar-refractivity contribution in [3.8, 4) is 5.75 Å². The van der Waals surface area contributed by atoms with E-state index in [4.69, 9.17) is 4.74 Å². The van der Waals surface area contributed by atoms with Gasteiger partial charge in [-0.2, -0.15) is 4.57 Å². The van der Waals surface area contributed by atoms with Gasteiger partial charge >= 0.3 is 0 Å². The van der Waals surface area contributed by atoms with Crippen LogP contribution in [0.15, 0.2) is 59.6 Å². The molecule has 1 aromatic heterocycles. The van der Waals surface area contributed by atoms with Crippen LogP contribution in [0.5, 0.6) is 5.75 Å². The number of unbranched alkanes of at least 4 members (excludes halogenated alkanes) is 11. The van der Waals surface area contributed by atoms with Crippen molar-refractivity contribution in [3.05, 3.63) is 76.5 Å². The van der Waals surface area contributed by atoms with Gasteiger partial charge in [-0.3, -0.25) is 4.79 Å².